The van der Waals surface area contributed by atoms with Gasteiger partial charge in [0, 0.05) is 65.4 Å². The van der Waals surface area contributed by atoms with Gasteiger partial charge in [-0.15, -0.1) is 0 Å². The number of ether oxygens (including phenoxy) is 8. The number of carbonyl (C=O) groups is 4. The number of aliphatic hydroxyl groups excluding tert-OH is 2. The zero-order chi connectivity index (χ0) is 30.8. The molecule has 42 heavy (non-hydrogen) atoms. The van der Waals surface area contributed by atoms with E-state index in [1.807, 2.05) is 27.7 Å². The van der Waals surface area contributed by atoms with Gasteiger partial charge in [-0.2, -0.15) is 0 Å². The van der Waals surface area contributed by atoms with E-state index in [9.17, 15) is 29.4 Å². The van der Waals surface area contributed by atoms with Crippen molar-refractivity contribution in [3.8, 4) is 0 Å². The normalized spacial score (nSPS) is 20.0. The third-order valence-electron chi connectivity index (χ3n) is 5.21. The van der Waals surface area contributed by atoms with E-state index in [0.29, 0.717) is 25.7 Å². The first-order valence-corrected chi connectivity index (χ1v) is 13.7. The third-order valence-corrected chi connectivity index (χ3v) is 5.21. The van der Waals surface area contributed by atoms with E-state index in [2.05, 4.69) is 28.4 Å². The molecule has 0 spiro atoms. The van der Waals surface area contributed by atoms with Crippen LogP contribution in [-0.4, -0.2) is 99.9 Å². The van der Waals surface area contributed by atoms with Crippen LogP contribution >= 0.6 is 0 Å². The maximum Gasteiger partial charge on any atom is 0.508 e. The summed E-state index contributed by atoms with van der Waals surface area (Å²) in [6, 6.07) is 0. The molecule has 0 aromatic carbocycles. The molecule has 4 atom stereocenters. The molecule has 0 amide bonds. The van der Waals surface area contributed by atoms with Crippen molar-refractivity contribution in [2.75, 3.05) is 40.6 Å². The van der Waals surface area contributed by atoms with Gasteiger partial charge in [0.2, 0.25) is 0 Å². The van der Waals surface area contributed by atoms with Gasteiger partial charge in [0.25, 0.3) is 0 Å². The predicted octanol–water partition coefficient (Wildman–Crippen LogP) is 4.50. The Morgan fingerprint density at radius 1 is 0.524 bits per heavy atom. The van der Waals surface area contributed by atoms with Gasteiger partial charge in [0.1, 0.15) is 38.6 Å². The molecule has 0 aromatic rings. The van der Waals surface area contributed by atoms with Crippen LogP contribution < -0.4 is 0 Å². The predicted molar refractivity (Wildman–Crippen MR) is 141 cm³/mol. The van der Waals surface area contributed by atoms with E-state index < -0.39 is 49.0 Å². The van der Waals surface area contributed by atoms with Crippen LogP contribution in [0.3, 0.4) is 0 Å². The molecule has 2 radical (unpaired) electrons. The van der Waals surface area contributed by atoms with E-state index in [1.165, 1.54) is 14.2 Å². The van der Waals surface area contributed by atoms with Crippen LogP contribution in [0.1, 0.15) is 79.1 Å². The van der Waals surface area contributed by atoms with Crippen LogP contribution in [0.2, 0.25) is 0 Å². The average molecular weight is 762 g/mol. The molecular weight excluding hydrogens is 714 g/mol. The van der Waals surface area contributed by atoms with Crippen molar-refractivity contribution < 1.29 is 133 Å². The minimum atomic E-state index is -0.866. The topological polar surface area (TPSA) is 183 Å². The average Bonchev–Trinajstić information content (AvgIpc) is 2.98. The molecule has 4 unspecified atom stereocenters. The summed E-state index contributed by atoms with van der Waals surface area (Å²) in [5.74, 6) is 0. The van der Waals surface area contributed by atoms with E-state index in [-0.39, 0.29) is 91.8 Å². The Kier molecular flexibility index (Phi) is 37.9. The fourth-order valence-corrected chi connectivity index (χ4v) is 3.36. The maximum absolute atomic E-state index is 11.2. The molecule has 2 saturated carbocycles. The standard InChI is InChI=1S/2C11H18O7.2C2H6.2Y/c2*1-15-10(13)16-6-7-17-11(14)18-9-5-3-2-4-8(9)12;2*1-2;;/h2*8-9,12H,2-7H2,1H3;2*1-2H3;;. The Labute approximate surface area is 299 Å². The summed E-state index contributed by atoms with van der Waals surface area (Å²) in [4.78, 5) is 43.6. The van der Waals surface area contributed by atoms with Crippen LogP contribution in [0.25, 0.3) is 0 Å². The zero-order valence-electron chi connectivity index (χ0n) is 25.7. The van der Waals surface area contributed by atoms with Gasteiger partial charge in [0.15, 0.2) is 0 Å². The summed E-state index contributed by atoms with van der Waals surface area (Å²) >= 11 is 0. The zero-order valence-corrected chi connectivity index (χ0v) is 31.4. The van der Waals surface area contributed by atoms with Crippen LogP contribution in [0.15, 0.2) is 0 Å². The monoisotopic (exact) mass is 762 g/mol. The molecule has 2 fully saturated rings. The van der Waals surface area contributed by atoms with Crippen molar-refractivity contribution in [1.29, 1.82) is 0 Å². The minimum absolute atomic E-state index is 0. The molecule has 2 aliphatic carbocycles. The van der Waals surface area contributed by atoms with Crippen molar-refractivity contribution in [1.82, 2.24) is 0 Å². The largest absolute Gasteiger partial charge is 0.508 e. The first-order chi connectivity index (χ1) is 19.3. The Morgan fingerprint density at radius 3 is 1.05 bits per heavy atom. The van der Waals surface area contributed by atoms with Crippen LogP contribution in [0, 0.1) is 0 Å². The molecule has 2 aliphatic rings. The Bertz CT molecular complexity index is 627. The van der Waals surface area contributed by atoms with E-state index in [1.54, 1.807) is 0 Å². The first kappa shape index (κ1) is 48.1. The van der Waals surface area contributed by atoms with Gasteiger partial charge in [-0.1, -0.05) is 40.5 Å². The molecule has 0 saturated heterocycles. The third kappa shape index (κ3) is 25.7. The number of hydrogen-bond donors (Lipinski definition) is 2. The number of hydrogen-bond acceptors (Lipinski definition) is 14. The number of aliphatic hydroxyl groups is 2. The molecule has 242 valence electrons. The van der Waals surface area contributed by atoms with Gasteiger partial charge < -0.3 is 48.1 Å². The van der Waals surface area contributed by atoms with Gasteiger partial charge >= 0.3 is 24.6 Å². The quantitative estimate of drug-likeness (QED) is 0.200. The molecule has 14 nitrogen and oxygen atoms in total. The number of rotatable bonds is 8. The van der Waals surface area contributed by atoms with Crippen molar-refractivity contribution >= 4 is 24.6 Å². The molecular formula is C26H48O14Y2. The maximum atomic E-state index is 11.2. The molecule has 2 N–H and O–H groups in total. The SMILES string of the molecule is CC.CC.COC(=O)OCCOC(=O)OC1CCCCC1O.COC(=O)OCCOC(=O)OC1CCCCC1O.[Y].[Y]. The van der Waals surface area contributed by atoms with Crippen LogP contribution in [0.4, 0.5) is 19.2 Å². The second-order valence-electron chi connectivity index (χ2n) is 7.82. The van der Waals surface area contributed by atoms with Crippen molar-refractivity contribution in [3.63, 3.8) is 0 Å². The molecule has 0 bridgehead atoms. The van der Waals surface area contributed by atoms with E-state index in [0.717, 1.165) is 25.7 Å². The van der Waals surface area contributed by atoms with E-state index >= 15 is 0 Å². The number of carbonyl (C=O) groups excluding carboxylic acids is 4. The number of methoxy groups -OCH3 is 2. The van der Waals surface area contributed by atoms with Gasteiger partial charge in [-0.25, -0.2) is 19.2 Å². The van der Waals surface area contributed by atoms with Crippen LogP contribution in [-0.2, 0) is 103 Å². The molecule has 0 aliphatic heterocycles. The Balaban J connectivity index is -0.000000294. The second kappa shape index (κ2) is 33.1. The summed E-state index contributed by atoms with van der Waals surface area (Å²) in [5.41, 5.74) is 0. The minimum Gasteiger partial charge on any atom is -0.438 e. The van der Waals surface area contributed by atoms with Crippen molar-refractivity contribution in [2.45, 2.75) is 103 Å². The molecule has 16 heteroatoms. The van der Waals surface area contributed by atoms with Crippen molar-refractivity contribution in [2.24, 2.45) is 0 Å². The fraction of sp³-hybridized carbons (Fsp3) is 0.846. The summed E-state index contributed by atoms with van der Waals surface area (Å²) in [6.45, 7) is 7.57. The molecule has 0 heterocycles. The summed E-state index contributed by atoms with van der Waals surface area (Å²) in [5, 5.41) is 19.2. The van der Waals surface area contributed by atoms with Crippen LogP contribution in [0.5, 0.6) is 0 Å². The van der Waals surface area contributed by atoms with Gasteiger partial charge in [-0.3, -0.25) is 0 Å². The van der Waals surface area contributed by atoms with Gasteiger partial charge in [0.05, 0.1) is 26.4 Å². The Hall–Kier alpha value is -0.792. The fourth-order valence-electron chi connectivity index (χ4n) is 3.36. The molecule has 0 aromatic heterocycles. The van der Waals surface area contributed by atoms with Gasteiger partial charge in [-0.05, 0) is 38.5 Å². The van der Waals surface area contributed by atoms with Crippen molar-refractivity contribution in [3.05, 3.63) is 0 Å². The Morgan fingerprint density at radius 2 is 0.786 bits per heavy atom. The van der Waals surface area contributed by atoms with E-state index in [4.69, 9.17) is 9.47 Å². The summed E-state index contributed by atoms with van der Waals surface area (Å²) in [6.07, 6.45) is 0.549. The second-order valence-corrected chi connectivity index (χ2v) is 7.82. The molecule has 2 rings (SSSR count). The summed E-state index contributed by atoms with van der Waals surface area (Å²) in [7, 11) is 2.36. The first-order valence-electron chi connectivity index (χ1n) is 13.7. The smallest absolute Gasteiger partial charge is 0.438 e. The summed E-state index contributed by atoms with van der Waals surface area (Å²) < 4.78 is 36.7.